The lowest BCUT2D eigenvalue weighted by atomic mass is 10.3. The van der Waals surface area contributed by atoms with E-state index in [1.807, 2.05) is 0 Å². The van der Waals surface area contributed by atoms with E-state index in [0.717, 1.165) is 18.9 Å². The molecule has 1 fully saturated rings. The summed E-state index contributed by atoms with van der Waals surface area (Å²) in [7, 11) is -7.60. The van der Waals surface area contributed by atoms with Crippen LogP contribution in [0.15, 0.2) is 56.9 Å². The monoisotopic (exact) mass is 370 g/mol. The summed E-state index contributed by atoms with van der Waals surface area (Å²) >= 11 is 0. The third-order valence-electron chi connectivity index (χ3n) is 3.63. The average Bonchev–Trinajstić information content (AvgIpc) is 3.15. The van der Waals surface area contributed by atoms with Crippen LogP contribution in [-0.4, -0.2) is 22.9 Å². The van der Waals surface area contributed by atoms with Gasteiger partial charge in [-0.25, -0.2) is 26.3 Å². The molecular formula is C15H18N2O5S2. The minimum atomic E-state index is -3.88. The van der Waals surface area contributed by atoms with E-state index in [2.05, 4.69) is 9.44 Å². The summed E-state index contributed by atoms with van der Waals surface area (Å²) in [6, 6.07) is 8.00. The van der Waals surface area contributed by atoms with Crippen LogP contribution in [0, 0.1) is 0 Å². The van der Waals surface area contributed by atoms with Gasteiger partial charge >= 0.3 is 0 Å². The zero-order valence-electron chi connectivity index (χ0n) is 13.0. The molecule has 24 heavy (non-hydrogen) atoms. The van der Waals surface area contributed by atoms with E-state index in [0.29, 0.717) is 5.76 Å². The maximum Gasteiger partial charge on any atom is 0.241 e. The van der Waals surface area contributed by atoms with Crippen molar-refractivity contribution >= 4 is 20.0 Å². The second kappa shape index (κ2) is 6.32. The van der Waals surface area contributed by atoms with Crippen molar-refractivity contribution in [1.82, 2.24) is 9.44 Å². The third-order valence-corrected chi connectivity index (χ3v) is 6.68. The van der Waals surface area contributed by atoms with Gasteiger partial charge in [-0.2, -0.15) is 0 Å². The smallest absolute Gasteiger partial charge is 0.241 e. The van der Waals surface area contributed by atoms with Gasteiger partial charge in [-0.3, -0.25) is 0 Å². The molecule has 7 nitrogen and oxygen atoms in total. The van der Waals surface area contributed by atoms with Gasteiger partial charge in [0.25, 0.3) is 0 Å². The van der Waals surface area contributed by atoms with Crippen molar-refractivity contribution < 1.29 is 21.3 Å². The first-order chi connectivity index (χ1) is 11.3. The molecule has 3 rings (SSSR count). The van der Waals surface area contributed by atoms with Gasteiger partial charge < -0.3 is 4.42 Å². The average molecular weight is 370 g/mol. The van der Waals surface area contributed by atoms with E-state index in [-0.39, 0.29) is 15.8 Å². The maximum atomic E-state index is 12.5. The molecule has 1 atom stereocenters. The zero-order chi connectivity index (χ0) is 17.4. The van der Waals surface area contributed by atoms with Gasteiger partial charge in [0.15, 0.2) is 0 Å². The van der Waals surface area contributed by atoms with Gasteiger partial charge in [-0.15, -0.1) is 0 Å². The summed E-state index contributed by atoms with van der Waals surface area (Å²) in [4.78, 5) is -0.178. The van der Waals surface area contributed by atoms with E-state index in [1.54, 1.807) is 19.1 Å². The highest BCUT2D eigenvalue weighted by Crippen LogP contribution is 2.24. The Balaban J connectivity index is 1.84. The van der Waals surface area contributed by atoms with Crippen LogP contribution in [0.2, 0.25) is 0 Å². The molecule has 1 heterocycles. The predicted molar refractivity (Wildman–Crippen MR) is 87.2 cm³/mol. The topological polar surface area (TPSA) is 105 Å². The number of nitrogens with one attached hydrogen (secondary N) is 2. The zero-order valence-corrected chi connectivity index (χ0v) is 14.6. The first kappa shape index (κ1) is 17.2. The van der Waals surface area contributed by atoms with Crippen LogP contribution in [0.1, 0.15) is 31.6 Å². The molecule has 2 N–H and O–H groups in total. The molecule has 0 aliphatic heterocycles. The first-order valence-corrected chi connectivity index (χ1v) is 10.4. The Morgan fingerprint density at radius 3 is 2.29 bits per heavy atom. The molecule has 1 aromatic carbocycles. The molecular weight excluding hydrogens is 352 g/mol. The SMILES string of the molecule is C[C@H](NS(=O)(=O)c1cccc(S(=O)(=O)NC2CC2)c1)c1ccco1. The Labute approximate surface area is 141 Å². The molecule has 1 aliphatic rings. The van der Waals surface area contributed by atoms with Crippen LogP contribution in [-0.2, 0) is 20.0 Å². The van der Waals surface area contributed by atoms with Crippen molar-refractivity contribution in [3.63, 3.8) is 0 Å². The van der Waals surface area contributed by atoms with E-state index in [4.69, 9.17) is 4.42 Å². The fourth-order valence-corrected chi connectivity index (χ4v) is 4.88. The van der Waals surface area contributed by atoms with Crippen LogP contribution in [0.4, 0.5) is 0 Å². The molecule has 0 radical (unpaired) electrons. The van der Waals surface area contributed by atoms with E-state index < -0.39 is 26.1 Å². The standard InChI is InChI=1S/C15H18N2O5S2/c1-11(15-6-3-9-22-15)16-23(18,19)13-4-2-5-14(10-13)24(20,21)17-12-7-8-12/h2-6,9-12,16-17H,7-8H2,1H3/t11-/m0/s1. The van der Waals surface area contributed by atoms with Gasteiger partial charge in [0.2, 0.25) is 20.0 Å². The maximum absolute atomic E-state index is 12.5. The van der Waals surface area contributed by atoms with E-state index >= 15 is 0 Å². The Hall–Kier alpha value is -1.68. The summed E-state index contributed by atoms with van der Waals surface area (Å²) in [6.07, 6.45) is 3.07. The van der Waals surface area contributed by atoms with Crippen molar-refractivity contribution in [2.75, 3.05) is 0 Å². The van der Waals surface area contributed by atoms with Gasteiger partial charge in [-0.1, -0.05) is 6.07 Å². The second-order valence-corrected chi connectivity index (χ2v) is 9.16. The Morgan fingerprint density at radius 1 is 1.04 bits per heavy atom. The molecule has 0 unspecified atom stereocenters. The Bertz CT molecular complexity index is 917. The van der Waals surface area contributed by atoms with Gasteiger partial charge in [0.1, 0.15) is 5.76 Å². The third kappa shape index (κ3) is 3.86. The molecule has 9 heteroatoms. The number of hydrogen-bond acceptors (Lipinski definition) is 5. The molecule has 0 saturated heterocycles. The molecule has 0 spiro atoms. The summed E-state index contributed by atoms with van der Waals surface area (Å²) in [5, 5.41) is 0. The summed E-state index contributed by atoms with van der Waals surface area (Å²) in [5.41, 5.74) is 0. The minimum absolute atomic E-state index is 0.0487. The summed E-state index contributed by atoms with van der Waals surface area (Å²) in [6.45, 7) is 1.64. The fourth-order valence-electron chi connectivity index (χ4n) is 2.19. The molecule has 130 valence electrons. The van der Waals surface area contributed by atoms with Crippen LogP contribution >= 0.6 is 0 Å². The fraction of sp³-hybridized carbons (Fsp3) is 0.333. The quantitative estimate of drug-likeness (QED) is 0.772. The number of hydrogen-bond donors (Lipinski definition) is 2. The largest absolute Gasteiger partial charge is 0.468 e. The molecule has 1 aliphatic carbocycles. The number of sulfonamides is 2. The molecule has 2 aromatic rings. The Kier molecular flexibility index (Phi) is 4.52. The highest BCUT2D eigenvalue weighted by Gasteiger charge is 2.29. The molecule has 1 saturated carbocycles. The van der Waals surface area contributed by atoms with Crippen LogP contribution < -0.4 is 9.44 Å². The second-order valence-electron chi connectivity index (χ2n) is 5.73. The number of furan rings is 1. The molecule has 0 bridgehead atoms. The van der Waals surface area contributed by atoms with Crippen molar-refractivity contribution in [2.24, 2.45) is 0 Å². The van der Waals surface area contributed by atoms with Crippen LogP contribution in [0.3, 0.4) is 0 Å². The van der Waals surface area contributed by atoms with Gasteiger partial charge in [-0.05, 0) is 50.1 Å². The highest BCUT2D eigenvalue weighted by molar-refractivity contribution is 7.90. The van der Waals surface area contributed by atoms with Crippen molar-refractivity contribution in [3.8, 4) is 0 Å². The number of rotatable bonds is 7. The van der Waals surface area contributed by atoms with Crippen molar-refractivity contribution in [2.45, 2.75) is 41.6 Å². The lowest BCUT2D eigenvalue weighted by Crippen LogP contribution is -2.28. The Morgan fingerprint density at radius 2 is 1.71 bits per heavy atom. The highest BCUT2D eigenvalue weighted by atomic mass is 32.2. The molecule has 1 aromatic heterocycles. The van der Waals surface area contributed by atoms with Gasteiger partial charge in [0, 0.05) is 6.04 Å². The molecule has 0 amide bonds. The lowest BCUT2D eigenvalue weighted by molar-refractivity contribution is 0.459. The van der Waals surface area contributed by atoms with Crippen molar-refractivity contribution in [3.05, 3.63) is 48.4 Å². The first-order valence-electron chi connectivity index (χ1n) is 7.46. The number of benzene rings is 1. The normalized spacial score (nSPS) is 16.9. The van der Waals surface area contributed by atoms with Crippen LogP contribution in [0.25, 0.3) is 0 Å². The summed E-state index contributed by atoms with van der Waals surface area (Å²) in [5.74, 6) is 0.470. The minimum Gasteiger partial charge on any atom is -0.468 e. The lowest BCUT2D eigenvalue weighted by Gasteiger charge is -2.13. The summed E-state index contributed by atoms with van der Waals surface area (Å²) < 4.78 is 59.6. The predicted octanol–water partition coefficient (Wildman–Crippen LogP) is 1.76. The van der Waals surface area contributed by atoms with Crippen LogP contribution in [0.5, 0.6) is 0 Å². The van der Waals surface area contributed by atoms with Gasteiger partial charge in [0.05, 0.1) is 22.1 Å². The van der Waals surface area contributed by atoms with E-state index in [1.165, 1.54) is 24.5 Å². The van der Waals surface area contributed by atoms with Crippen molar-refractivity contribution in [1.29, 1.82) is 0 Å². The van der Waals surface area contributed by atoms with E-state index in [9.17, 15) is 16.8 Å².